The average Bonchev–Trinajstić information content (AvgIpc) is 2.72. The van der Waals surface area contributed by atoms with Gasteiger partial charge in [-0.25, -0.2) is 0 Å². The van der Waals surface area contributed by atoms with Gasteiger partial charge in [0.15, 0.2) is 0 Å². The van der Waals surface area contributed by atoms with Crippen LogP contribution in [-0.4, -0.2) is 12.1 Å². The van der Waals surface area contributed by atoms with Gasteiger partial charge in [-0.05, 0) is 37.8 Å². The van der Waals surface area contributed by atoms with Crippen LogP contribution in [0.5, 0.6) is 0 Å². The fraction of sp³-hybridized carbons (Fsp3) is 0.533. The highest BCUT2D eigenvalue weighted by atomic mass is 15.2. The van der Waals surface area contributed by atoms with E-state index in [2.05, 4.69) is 37.8 Å². The Kier molecular flexibility index (Phi) is 3.11. The van der Waals surface area contributed by atoms with Crippen molar-refractivity contribution in [3.63, 3.8) is 0 Å². The summed E-state index contributed by atoms with van der Waals surface area (Å²) in [5, 5.41) is 9.21. The van der Waals surface area contributed by atoms with E-state index >= 15 is 0 Å². The lowest BCUT2D eigenvalue weighted by molar-refractivity contribution is 0.340. The Morgan fingerprint density at radius 1 is 1.35 bits per heavy atom. The summed E-state index contributed by atoms with van der Waals surface area (Å²) in [6, 6.07) is 10.3. The molecule has 0 N–H and O–H groups in total. The Balaban J connectivity index is 2.43. The molecule has 0 radical (unpaired) electrons. The van der Waals surface area contributed by atoms with Gasteiger partial charge in [-0.15, -0.1) is 0 Å². The van der Waals surface area contributed by atoms with Crippen molar-refractivity contribution < 1.29 is 0 Å². The smallest absolute Gasteiger partial charge is 0.101 e. The molecule has 0 bridgehead atoms. The van der Waals surface area contributed by atoms with Gasteiger partial charge in [0.25, 0.3) is 0 Å². The Hall–Kier alpha value is -1.49. The van der Waals surface area contributed by atoms with Crippen LogP contribution in [-0.2, 0) is 0 Å². The van der Waals surface area contributed by atoms with Gasteiger partial charge in [-0.1, -0.05) is 26.0 Å². The van der Waals surface area contributed by atoms with E-state index in [1.807, 2.05) is 18.2 Å². The maximum atomic E-state index is 9.21. The number of hydrogen-bond acceptors (Lipinski definition) is 2. The van der Waals surface area contributed by atoms with Crippen molar-refractivity contribution in [2.45, 2.75) is 39.2 Å². The van der Waals surface area contributed by atoms with Crippen LogP contribution in [0.25, 0.3) is 0 Å². The summed E-state index contributed by atoms with van der Waals surface area (Å²) in [5.74, 6) is 0.594. The van der Waals surface area contributed by atoms with Gasteiger partial charge in [0.2, 0.25) is 0 Å². The molecule has 0 saturated carbocycles. The Bertz CT molecular complexity index is 444. The number of rotatable bonds is 2. The second-order valence-corrected chi connectivity index (χ2v) is 5.40. The summed E-state index contributed by atoms with van der Waals surface area (Å²) in [4.78, 5) is 2.43. The van der Waals surface area contributed by atoms with Crippen LogP contribution in [0.4, 0.5) is 5.69 Å². The number of nitrogens with zero attached hydrogens (tertiary/aromatic N) is 2. The predicted octanol–water partition coefficient (Wildman–Crippen LogP) is 3.57. The highest BCUT2D eigenvalue weighted by molar-refractivity contribution is 5.61. The summed E-state index contributed by atoms with van der Waals surface area (Å²) >= 11 is 0. The van der Waals surface area contributed by atoms with Crippen LogP contribution < -0.4 is 4.90 Å². The number of para-hydroxylation sites is 1. The first-order chi connectivity index (χ1) is 8.09. The van der Waals surface area contributed by atoms with E-state index in [1.165, 1.54) is 12.8 Å². The standard InChI is InChI=1S/C15H20N2/c1-12(2)15(3)9-6-10-17(15)14-8-5-4-7-13(14)11-16/h4-5,7-8,12H,6,9-10H2,1-3H3. The monoisotopic (exact) mass is 228 g/mol. The predicted molar refractivity (Wildman–Crippen MR) is 71.0 cm³/mol. The maximum Gasteiger partial charge on any atom is 0.101 e. The van der Waals surface area contributed by atoms with Crippen molar-refractivity contribution in [2.75, 3.05) is 11.4 Å². The van der Waals surface area contributed by atoms with Gasteiger partial charge >= 0.3 is 0 Å². The Morgan fingerprint density at radius 3 is 2.71 bits per heavy atom. The molecule has 2 heteroatoms. The molecule has 1 unspecified atom stereocenters. The minimum absolute atomic E-state index is 0.187. The van der Waals surface area contributed by atoms with Crippen LogP contribution in [0.2, 0.25) is 0 Å². The molecular formula is C15H20N2. The lowest BCUT2D eigenvalue weighted by atomic mass is 9.85. The van der Waals surface area contributed by atoms with Gasteiger partial charge in [-0.3, -0.25) is 0 Å². The molecule has 0 spiro atoms. The SMILES string of the molecule is CC(C)C1(C)CCCN1c1ccccc1C#N. The Labute approximate surface area is 104 Å². The molecule has 1 aromatic carbocycles. The molecule has 0 amide bonds. The van der Waals surface area contributed by atoms with E-state index in [0.717, 1.165) is 17.8 Å². The summed E-state index contributed by atoms with van der Waals surface area (Å²) in [7, 11) is 0. The maximum absolute atomic E-state index is 9.21. The van der Waals surface area contributed by atoms with Crippen molar-refractivity contribution in [3.8, 4) is 6.07 Å². The fourth-order valence-corrected chi connectivity index (χ4v) is 2.78. The first-order valence-corrected chi connectivity index (χ1v) is 6.36. The highest BCUT2D eigenvalue weighted by Crippen LogP contribution is 2.40. The second-order valence-electron chi connectivity index (χ2n) is 5.40. The molecule has 1 saturated heterocycles. The molecule has 0 aliphatic carbocycles. The lowest BCUT2D eigenvalue weighted by Crippen LogP contribution is -2.45. The molecule has 1 aliphatic heterocycles. The summed E-state index contributed by atoms with van der Waals surface area (Å²) in [6.07, 6.45) is 2.43. The zero-order chi connectivity index (χ0) is 12.5. The number of hydrogen-bond donors (Lipinski definition) is 0. The second kappa shape index (κ2) is 4.41. The molecule has 17 heavy (non-hydrogen) atoms. The molecular weight excluding hydrogens is 208 g/mol. The lowest BCUT2D eigenvalue weighted by Gasteiger charge is -2.41. The van der Waals surface area contributed by atoms with Gasteiger partial charge in [0.1, 0.15) is 6.07 Å². The molecule has 1 heterocycles. The van der Waals surface area contributed by atoms with Crippen molar-refractivity contribution >= 4 is 5.69 Å². The quantitative estimate of drug-likeness (QED) is 0.773. The summed E-state index contributed by atoms with van der Waals surface area (Å²) in [6.45, 7) is 7.92. The average molecular weight is 228 g/mol. The van der Waals surface area contributed by atoms with E-state index in [1.54, 1.807) is 0 Å². The number of anilines is 1. The van der Waals surface area contributed by atoms with Crippen LogP contribution in [0.1, 0.15) is 39.2 Å². The molecule has 90 valence electrons. The van der Waals surface area contributed by atoms with E-state index in [9.17, 15) is 5.26 Å². The Morgan fingerprint density at radius 2 is 2.06 bits per heavy atom. The normalized spacial score (nSPS) is 24.1. The summed E-state index contributed by atoms with van der Waals surface area (Å²) < 4.78 is 0. The number of benzene rings is 1. The summed E-state index contributed by atoms with van der Waals surface area (Å²) in [5.41, 5.74) is 2.08. The van der Waals surface area contributed by atoms with Gasteiger partial charge in [0.05, 0.1) is 11.3 Å². The molecule has 1 aliphatic rings. The third kappa shape index (κ3) is 1.91. The minimum atomic E-state index is 0.187. The fourth-order valence-electron chi connectivity index (χ4n) is 2.78. The molecule has 1 fully saturated rings. The first kappa shape index (κ1) is 12.0. The number of nitriles is 1. The zero-order valence-corrected chi connectivity index (χ0v) is 10.9. The topological polar surface area (TPSA) is 27.0 Å². The van der Waals surface area contributed by atoms with Crippen LogP contribution in [0.3, 0.4) is 0 Å². The van der Waals surface area contributed by atoms with E-state index in [4.69, 9.17) is 0 Å². The van der Waals surface area contributed by atoms with Crippen molar-refractivity contribution in [1.29, 1.82) is 5.26 Å². The molecule has 1 aromatic rings. The highest BCUT2D eigenvalue weighted by Gasteiger charge is 2.39. The van der Waals surface area contributed by atoms with Gasteiger partial charge in [-0.2, -0.15) is 5.26 Å². The largest absolute Gasteiger partial charge is 0.365 e. The minimum Gasteiger partial charge on any atom is -0.365 e. The molecule has 1 atom stereocenters. The van der Waals surface area contributed by atoms with Crippen molar-refractivity contribution in [1.82, 2.24) is 0 Å². The van der Waals surface area contributed by atoms with E-state index in [0.29, 0.717) is 5.92 Å². The third-order valence-electron chi connectivity index (χ3n) is 4.24. The van der Waals surface area contributed by atoms with E-state index < -0.39 is 0 Å². The van der Waals surface area contributed by atoms with Crippen molar-refractivity contribution in [2.24, 2.45) is 5.92 Å². The van der Waals surface area contributed by atoms with Gasteiger partial charge in [0, 0.05) is 12.1 Å². The van der Waals surface area contributed by atoms with Crippen LogP contribution in [0.15, 0.2) is 24.3 Å². The third-order valence-corrected chi connectivity index (χ3v) is 4.24. The first-order valence-electron chi connectivity index (χ1n) is 6.36. The molecule has 2 rings (SSSR count). The van der Waals surface area contributed by atoms with Crippen LogP contribution in [0, 0.1) is 17.2 Å². The van der Waals surface area contributed by atoms with Crippen molar-refractivity contribution in [3.05, 3.63) is 29.8 Å². The molecule has 0 aromatic heterocycles. The molecule has 2 nitrogen and oxygen atoms in total. The van der Waals surface area contributed by atoms with E-state index in [-0.39, 0.29) is 5.54 Å². The van der Waals surface area contributed by atoms with Gasteiger partial charge < -0.3 is 4.90 Å². The zero-order valence-electron chi connectivity index (χ0n) is 10.9. The van der Waals surface area contributed by atoms with Crippen LogP contribution >= 0.6 is 0 Å².